The molecule has 0 atom stereocenters. The number of nitrogens with zero attached hydrogens (tertiary/aromatic N) is 2. The van der Waals surface area contributed by atoms with Crippen molar-refractivity contribution in [3.63, 3.8) is 0 Å². The fourth-order valence-corrected chi connectivity index (χ4v) is 4.78. The highest BCUT2D eigenvalue weighted by Crippen LogP contribution is 2.35. The average molecular weight is 407 g/mol. The number of hydrogen-bond acceptors (Lipinski definition) is 6. The molecule has 9 heteroatoms. The molecule has 6 nitrogen and oxygen atoms in total. The van der Waals surface area contributed by atoms with Gasteiger partial charge >= 0.3 is 0 Å². The zero-order chi connectivity index (χ0) is 19.6. The maximum Gasteiger partial charge on any atom is 0.265 e. The molecule has 2 N–H and O–H groups in total. The fraction of sp³-hybridized carbons (Fsp3) is 0.278. The van der Waals surface area contributed by atoms with Crippen molar-refractivity contribution in [1.82, 2.24) is 4.98 Å². The van der Waals surface area contributed by atoms with E-state index in [1.165, 1.54) is 36.5 Å². The van der Waals surface area contributed by atoms with Crippen LogP contribution in [-0.4, -0.2) is 29.9 Å². The van der Waals surface area contributed by atoms with E-state index in [1.54, 1.807) is 11.3 Å². The fourth-order valence-electron chi connectivity index (χ4n) is 2.55. The number of carbonyl (C=O) groups excluding carboxylic acids is 2. The van der Waals surface area contributed by atoms with Gasteiger partial charge in [-0.3, -0.25) is 9.59 Å². The summed E-state index contributed by atoms with van der Waals surface area (Å²) < 4.78 is 14.7. The number of hydrogen-bond donors (Lipinski definition) is 2. The van der Waals surface area contributed by atoms with Crippen LogP contribution in [0.4, 0.5) is 20.9 Å². The Balaban J connectivity index is 1.78. The Labute approximate surface area is 164 Å². The molecule has 0 unspecified atom stereocenters. The van der Waals surface area contributed by atoms with Crippen LogP contribution < -0.4 is 15.5 Å². The van der Waals surface area contributed by atoms with Crippen molar-refractivity contribution in [1.29, 1.82) is 0 Å². The maximum atomic E-state index is 13.7. The van der Waals surface area contributed by atoms with Gasteiger partial charge in [-0.25, -0.2) is 9.37 Å². The molecule has 0 saturated heterocycles. The van der Waals surface area contributed by atoms with Gasteiger partial charge in [0.2, 0.25) is 5.91 Å². The van der Waals surface area contributed by atoms with Crippen LogP contribution in [0, 0.1) is 5.82 Å². The third-order valence-corrected chi connectivity index (χ3v) is 6.09. The van der Waals surface area contributed by atoms with Gasteiger partial charge in [-0.05, 0) is 38.1 Å². The maximum absolute atomic E-state index is 13.7. The lowest BCUT2D eigenvalue weighted by Gasteiger charge is -2.16. The van der Waals surface area contributed by atoms with Crippen LogP contribution in [0.2, 0.25) is 0 Å². The predicted molar refractivity (Wildman–Crippen MR) is 110 cm³/mol. The molecule has 2 amide bonds. The number of thiophene rings is 1. The average Bonchev–Trinajstić information content (AvgIpc) is 3.18. The van der Waals surface area contributed by atoms with E-state index in [0.717, 1.165) is 27.8 Å². The lowest BCUT2D eigenvalue weighted by Crippen LogP contribution is -2.21. The van der Waals surface area contributed by atoms with E-state index in [4.69, 9.17) is 0 Å². The third-order valence-electron chi connectivity index (χ3n) is 3.87. The zero-order valence-corrected chi connectivity index (χ0v) is 16.8. The molecule has 0 spiro atoms. The molecule has 142 valence electrons. The summed E-state index contributed by atoms with van der Waals surface area (Å²) in [7, 11) is 0. The molecule has 0 aliphatic rings. The second-order valence-corrected chi connectivity index (χ2v) is 7.82. The van der Waals surface area contributed by atoms with Gasteiger partial charge in [0.15, 0.2) is 5.13 Å². The van der Waals surface area contributed by atoms with Crippen molar-refractivity contribution in [2.45, 2.75) is 20.8 Å². The summed E-state index contributed by atoms with van der Waals surface area (Å²) in [6, 6.07) is 5.86. The van der Waals surface area contributed by atoms with Crippen molar-refractivity contribution >= 4 is 60.5 Å². The largest absolute Gasteiger partial charge is 0.349 e. The van der Waals surface area contributed by atoms with Crippen LogP contribution >= 0.6 is 22.7 Å². The Morgan fingerprint density at radius 3 is 2.52 bits per heavy atom. The number of halogens is 1. The molecule has 3 rings (SSSR count). The number of anilines is 3. The topological polar surface area (TPSA) is 74.3 Å². The molecule has 0 saturated carbocycles. The van der Waals surface area contributed by atoms with Crippen molar-refractivity contribution in [3.05, 3.63) is 35.0 Å². The highest BCUT2D eigenvalue weighted by molar-refractivity contribution is 7.29. The molecule has 0 aliphatic heterocycles. The van der Waals surface area contributed by atoms with Gasteiger partial charge in [-0.2, -0.15) is 0 Å². The molecule has 1 aromatic carbocycles. The van der Waals surface area contributed by atoms with Crippen molar-refractivity contribution < 1.29 is 14.0 Å². The van der Waals surface area contributed by atoms with Gasteiger partial charge in [0, 0.05) is 25.7 Å². The van der Waals surface area contributed by atoms with Crippen LogP contribution in [0.1, 0.15) is 30.4 Å². The molecule has 27 heavy (non-hydrogen) atoms. The first kappa shape index (κ1) is 19.2. The van der Waals surface area contributed by atoms with E-state index in [9.17, 15) is 14.0 Å². The van der Waals surface area contributed by atoms with Gasteiger partial charge in [-0.15, -0.1) is 11.3 Å². The SMILES string of the molecule is CCN(CC)c1nc2sc(C(=O)Nc3ccc(F)c(NC(C)=O)c3)cc2s1. The van der Waals surface area contributed by atoms with Crippen LogP contribution in [0.25, 0.3) is 9.53 Å². The van der Waals surface area contributed by atoms with Gasteiger partial charge in [0.1, 0.15) is 10.6 Å². The number of nitrogens with one attached hydrogen (secondary N) is 2. The summed E-state index contributed by atoms with van der Waals surface area (Å²) in [6.45, 7) is 7.21. The molecule has 0 aliphatic carbocycles. The first-order valence-electron chi connectivity index (χ1n) is 8.45. The minimum absolute atomic E-state index is 0.0259. The Bertz CT molecular complexity index is 963. The van der Waals surface area contributed by atoms with Crippen LogP contribution in [0.15, 0.2) is 24.3 Å². The third kappa shape index (κ3) is 4.25. The minimum atomic E-state index is -0.562. The van der Waals surface area contributed by atoms with E-state index in [2.05, 4.69) is 34.4 Å². The van der Waals surface area contributed by atoms with E-state index in [0.29, 0.717) is 10.6 Å². The predicted octanol–water partition coefficient (Wildman–Crippen LogP) is 4.55. The van der Waals surface area contributed by atoms with E-state index < -0.39 is 5.82 Å². The standard InChI is InChI=1S/C18H19FN4O2S2/c1-4-23(5-2)18-22-17-15(27-18)9-14(26-17)16(25)21-11-6-7-12(19)13(8-11)20-10(3)24/h6-9H,4-5H2,1-3H3,(H,20,24)(H,21,25). The van der Waals surface area contributed by atoms with Gasteiger partial charge in [0.25, 0.3) is 5.91 Å². The Hall–Kier alpha value is -2.52. The van der Waals surface area contributed by atoms with E-state index in [-0.39, 0.29) is 17.5 Å². The van der Waals surface area contributed by atoms with Crippen LogP contribution in [0.3, 0.4) is 0 Å². The normalized spacial score (nSPS) is 10.8. The summed E-state index contributed by atoms with van der Waals surface area (Å²) >= 11 is 2.88. The highest BCUT2D eigenvalue weighted by atomic mass is 32.1. The molecule has 3 aromatic rings. The van der Waals surface area contributed by atoms with E-state index in [1.807, 2.05) is 6.07 Å². The summed E-state index contributed by atoms with van der Waals surface area (Å²) in [5.74, 6) is -1.24. The second-order valence-electron chi connectivity index (χ2n) is 5.78. The lowest BCUT2D eigenvalue weighted by molar-refractivity contribution is -0.114. The molecular formula is C18H19FN4O2S2. The van der Waals surface area contributed by atoms with Crippen molar-refractivity contribution in [2.24, 2.45) is 0 Å². The highest BCUT2D eigenvalue weighted by Gasteiger charge is 2.16. The summed E-state index contributed by atoms with van der Waals surface area (Å²) in [5.41, 5.74) is 0.427. The number of thiazole rings is 1. The number of aromatic nitrogens is 1. The summed E-state index contributed by atoms with van der Waals surface area (Å²) in [4.78, 5) is 31.8. The molecule has 0 bridgehead atoms. The number of benzene rings is 1. The number of rotatable bonds is 6. The van der Waals surface area contributed by atoms with Crippen molar-refractivity contribution in [3.8, 4) is 0 Å². The minimum Gasteiger partial charge on any atom is -0.349 e. The van der Waals surface area contributed by atoms with Gasteiger partial charge in [-0.1, -0.05) is 11.3 Å². The smallest absolute Gasteiger partial charge is 0.265 e. The molecule has 2 heterocycles. The number of fused-ring (bicyclic) bond motifs is 1. The van der Waals surface area contributed by atoms with Gasteiger partial charge < -0.3 is 15.5 Å². The first-order chi connectivity index (χ1) is 12.9. The molecule has 0 radical (unpaired) electrons. The first-order valence-corrected chi connectivity index (χ1v) is 10.1. The summed E-state index contributed by atoms with van der Waals surface area (Å²) in [5, 5.41) is 6.08. The monoisotopic (exact) mass is 406 g/mol. The van der Waals surface area contributed by atoms with E-state index >= 15 is 0 Å². The molecule has 2 aromatic heterocycles. The van der Waals surface area contributed by atoms with Crippen LogP contribution in [-0.2, 0) is 4.79 Å². The molecule has 0 fully saturated rings. The van der Waals surface area contributed by atoms with Gasteiger partial charge in [0.05, 0.1) is 15.3 Å². The Morgan fingerprint density at radius 1 is 1.15 bits per heavy atom. The Morgan fingerprint density at radius 2 is 1.89 bits per heavy atom. The number of amides is 2. The molecular weight excluding hydrogens is 387 g/mol. The quantitative estimate of drug-likeness (QED) is 0.630. The zero-order valence-electron chi connectivity index (χ0n) is 15.1. The second kappa shape index (κ2) is 8.01. The van der Waals surface area contributed by atoms with Crippen molar-refractivity contribution in [2.75, 3.05) is 28.6 Å². The number of carbonyl (C=O) groups is 2. The Kier molecular flexibility index (Phi) is 5.71. The lowest BCUT2D eigenvalue weighted by atomic mass is 10.2. The summed E-state index contributed by atoms with van der Waals surface area (Å²) in [6.07, 6.45) is 0. The van der Waals surface area contributed by atoms with Crippen LogP contribution in [0.5, 0.6) is 0 Å².